The summed E-state index contributed by atoms with van der Waals surface area (Å²) in [5.74, 6) is 0.764. The number of β-amino-alcohol motifs (C(OH)–C–C–N with tert-alkyl or cyclic N) is 1. The number of rotatable bonds is 4. The van der Waals surface area contributed by atoms with E-state index in [-0.39, 0.29) is 5.92 Å². The molecule has 1 heterocycles. The third-order valence-electron chi connectivity index (χ3n) is 4.24. The Kier molecular flexibility index (Phi) is 4.98. The van der Waals surface area contributed by atoms with Crippen molar-refractivity contribution < 1.29 is 9.90 Å². The molecule has 0 amide bonds. The number of hydrogen-bond acceptors (Lipinski definition) is 4. The number of carbonyl (C=O) groups excluding carboxylic acids is 1. The quantitative estimate of drug-likeness (QED) is 0.830. The Morgan fingerprint density at radius 3 is 2.37 bits per heavy atom. The van der Waals surface area contributed by atoms with Gasteiger partial charge in [0, 0.05) is 51.6 Å². The first-order valence-electron chi connectivity index (χ1n) is 7.64. The van der Waals surface area contributed by atoms with Crippen LogP contribution in [0, 0.1) is 5.92 Å². The van der Waals surface area contributed by atoms with Crippen LogP contribution in [0.2, 0.25) is 0 Å². The minimum atomic E-state index is -0.610. The monoisotopic (exact) mass is 268 g/mol. The predicted molar refractivity (Wildman–Crippen MR) is 76.1 cm³/mol. The van der Waals surface area contributed by atoms with Gasteiger partial charge in [-0.3, -0.25) is 9.69 Å². The molecule has 0 aromatic carbocycles. The molecule has 1 atom stereocenters. The van der Waals surface area contributed by atoms with Crippen LogP contribution in [-0.2, 0) is 4.79 Å². The molecule has 0 aromatic heterocycles. The van der Waals surface area contributed by atoms with Gasteiger partial charge in [0.2, 0.25) is 0 Å². The van der Waals surface area contributed by atoms with Crippen LogP contribution in [0.3, 0.4) is 0 Å². The van der Waals surface area contributed by atoms with Crippen molar-refractivity contribution in [3.8, 4) is 0 Å². The number of aliphatic hydroxyl groups is 1. The summed E-state index contributed by atoms with van der Waals surface area (Å²) >= 11 is 0. The van der Waals surface area contributed by atoms with Gasteiger partial charge < -0.3 is 10.0 Å². The molecule has 2 rings (SSSR count). The molecule has 2 fully saturated rings. The van der Waals surface area contributed by atoms with Crippen LogP contribution >= 0.6 is 0 Å². The fourth-order valence-corrected chi connectivity index (χ4v) is 3.24. The van der Waals surface area contributed by atoms with Gasteiger partial charge in [0.15, 0.2) is 0 Å². The van der Waals surface area contributed by atoms with Crippen molar-refractivity contribution in [2.75, 3.05) is 39.3 Å². The van der Waals surface area contributed by atoms with Gasteiger partial charge in [-0.05, 0) is 26.7 Å². The van der Waals surface area contributed by atoms with Crippen LogP contribution in [0.5, 0.6) is 0 Å². The molecular formula is C15H28N2O2. The molecular weight excluding hydrogens is 240 g/mol. The number of Topliss-reactive ketones (excluding diaryl/α,β-unsaturated/α-hetero) is 1. The molecule has 1 unspecified atom stereocenters. The Balaban J connectivity index is 1.72. The molecule has 2 aliphatic rings. The summed E-state index contributed by atoms with van der Waals surface area (Å²) in [7, 11) is 0. The summed E-state index contributed by atoms with van der Waals surface area (Å²) in [5, 5.41) is 9.83. The van der Waals surface area contributed by atoms with Crippen LogP contribution < -0.4 is 0 Å². The van der Waals surface area contributed by atoms with E-state index >= 15 is 0 Å². The molecule has 1 aliphatic carbocycles. The SMILES string of the molecule is CC(C)(O)CN1CCN(CC2CCCCC2=O)CC1. The van der Waals surface area contributed by atoms with Crippen molar-refractivity contribution in [1.29, 1.82) is 0 Å². The normalized spacial score (nSPS) is 27.7. The first kappa shape index (κ1) is 14.9. The van der Waals surface area contributed by atoms with Gasteiger partial charge in [0.25, 0.3) is 0 Å². The van der Waals surface area contributed by atoms with Crippen molar-refractivity contribution in [3.05, 3.63) is 0 Å². The third kappa shape index (κ3) is 4.86. The summed E-state index contributed by atoms with van der Waals surface area (Å²) in [5.41, 5.74) is -0.610. The lowest BCUT2D eigenvalue weighted by atomic mass is 9.87. The molecule has 4 heteroatoms. The highest BCUT2D eigenvalue weighted by Gasteiger charge is 2.27. The van der Waals surface area contributed by atoms with E-state index in [1.165, 1.54) is 6.42 Å². The number of carbonyl (C=O) groups is 1. The van der Waals surface area contributed by atoms with E-state index in [1.54, 1.807) is 0 Å². The maximum absolute atomic E-state index is 11.8. The zero-order chi connectivity index (χ0) is 13.9. The van der Waals surface area contributed by atoms with Gasteiger partial charge >= 0.3 is 0 Å². The van der Waals surface area contributed by atoms with Gasteiger partial charge in [-0.25, -0.2) is 0 Å². The molecule has 4 nitrogen and oxygen atoms in total. The average Bonchev–Trinajstić information content (AvgIpc) is 2.33. The summed E-state index contributed by atoms with van der Waals surface area (Å²) in [6.45, 7) is 9.48. The van der Waals surface area contributed by atoms with Gasteiger partial charge in [0.1, 0.15) is 5.78 Å². The maximum atomic E-state index is 11.8. The van der Waals surface area contributed by atoms with Gasteiger partial charge in [-0.2, -0.15) is 0 Å². The molecule has 0 bridgehead atoms. The van der Waals surface area contributed by atoms with Crippen molar-refractivity contribution in [3.63, 3.8) is 0 Å². The van der Waals surface area contributed by atoms with Crippen LogP contribution in [0.4, 0.5) is 0 Å². The first-order chi connectivity index (χ1) is 8.94. The highest BCUT2D eigenvalue weighted by molar-refractivity contribution is 5.81. The molecule has 0 spiro atoms. The van der Waals surface area contributed by atoms with Gasteiger partial charge in [-0.1, -0.05) is 6.42 Å². The number of ketones is 1. The van der Waals surface area contributed by atoms with Crippen LogP contribution in [0.15, 0.2) is 0 Å². The zero-order valence-electron chi connectivity index (χ0n) is 12.4. The molecule has 0 radical (unpaired) electrons. The second-order valence-corrected chi connectivity index (χ2v) is 6.80. The van der Waals surface area contributed by atoms with Gasteiger partial charge in [-0.15, -0.1) is 0 Å². The smallest absolute Gasteiger partial charge is 0.137 e. The largest absolute Gasteiger partial charge is 0.389 e. The third-order valence-corrected chi connectivity index (χ3v) is 4.24. The standard InChI is InChI=1S/C15H28N2O2/c1-15(2,19)12-17-9-7-16(8-10-17)11-13-5-3-4-6-14(13)18/h13,19H,3-12H2,1-2H3. The van der Waals surface area contributed by atoms with E-state index in [9.17, 15) is 9.90 Å². The van der Waals surface area contributed by atoms with Crippen molar-refractivity contribution >= 4 is 5.78 Å². The molecule has 1 saturated heterocycles. The van der Waals surface area contributed by atoms with Crippen LogP contribution in [0.1, 0.15) is 39.5 Å². The Morgan fingerprint density at radius 2 is 1.79 bits per heavy atom. The van der Waals surface area contributed by atoms with Crippen LogP contribution in [-0.4, -0.2) is 65.6 Å². The topological polar surface area (TPSA) is 43.8 Å². The van der Waals surface area contributed by atoms with Crippen molar-refractivity contribution in [1.82, 2.24) is 9.80 Å². The predicted octanol–water partition coefficient (Wildman–Crippen LogP) is 1.13. The molecule has 1 N–H and O–H groups in total. The highest BCUT2D eigenvalue weighted by atomic mass is 16.3. The van der Waals surface area contributed by atoms with E-state index in [4.69, 9.17) is 0 Å². The lowest BCUT2D eigenvalue weighted by Crippen LogP contribution is -2.51. The summed E-state index contributed by atoms with van der Waals surface area (Å²) in [4.78, 5) is 16.6. The highest BCUT2D eigenvalue weighted by Crippen LogP contribution is 2.22. The lowest BCUT2D eigenvalue weighted by Gasteiger charge is -2.38. The number of piperazine rings is 1. The van der Waals surface area contributed by atoms with Crippen LogP contribution in [0.25, 0.3) is 0 Å². The van der Waals surface area contributed by atoms with Crippen molar-refractivity contribution in [2.45, 2.75) is 45.1 Å². The van der Waals surface area contributed by atoms with Crippen molar-refractivity contribution in [2.24, 2.45) is 5.92 Å². The second-order valence-electron chi connectivity index (χ2n) is 6.80. The Hall–Kier alpha value is -0.450. The molecule has 19 heavy (non-hydrogen) atoms. The summed E-state index contributed by atoms with van der Waals surface area (Å²) in [6.07, 6.45) is 4.19. The van der Waals surface area contributed by atoms with E-state index in [2.05, 4.69) is 9.80 Å². The van der Waals surface area contributed by atoms with E-state index < -0.39 is 5.60 Å². The molecule has 1 saturated carbocycles. The lowest BCUT2D eigenvalue weighted by molar-refractivity contribution is -0.125. The fraction of sp³-hybridized carbons (Fsp3) is 0.933. The summed E-state index contributed by atoms with van der Waals surface area (Å²) in [6, 6.07) is 0. The maximum Gasteiger partial charge on any atom is 0.137 e. The fourth-order valence-electron chi connectivity index (χ4n) is 3.24. The minimum Gasteiger partial charge on any atom is -0.389 e. The Labute approximate surface area is 116 Å². The van der Waals surface area contributed by atoms with Gasteiger partial charge in [0.05, 0.1) is 5.60 Å². The second kappa shape index (κ2) is 6.33. The Morgan fingerprint density at radius 1 is 1.16 bits per heavy atom. The summed E-state index contributed by atoms with van der Waals surface area (Å²) < 4.78 is 0. The Bertz CT molecular complexity index is 304. The molecule has 1 aliphatic heterocycles. The zero-order valence-corrected chi connectivity index (χ0v) is 12.4. The number of hydrogen-bond donors (Lipinski definition) is 1. The molecule has 0 aromatic rings. The van der Waals surface area contributed by atoms with E-state index in [1.807, 2.05) is 13.8 Å². The van der Waals surface area contributed by atoms with E-state index in [0.29, 0.717) is 5.78 Å². The average molecular weight is 268 g/mol. The number of nitrogens with zero attached hydrogens (tertiary/aromatic N) is 2. The van der Waals surface area contributed by atoms with E-state index in [0.717, 1.165) is 58.5 Å². The first-order valence-corrected chi connectivity index (χ1v) is 7.64. The minimum absolute atomic E-state index is 0.287. The molecule has 110 valence electrons.